The molecule has 1 saturated heterocycles. The maximum Gasteiger partial charge on any atom is 0.419 e. The van der Waals surface area contributed by atoms with Gasteiger partial charge in [-0.05, 0) is 29.8 Å². The number of anilines is 1. The lowest BCUT2D eigenvalue weighted by Crippen LogP contribution is -2.36. The lowest BCUT2D eigenvalue weighted by atomic mass is 10.0. The number of rotatable bonds is 3. The Bertz CT molecular complexity index is 1020. The maximum absolute atomic E-state index is 14.4. The fourth-order valence-corrected chi connectivity index (χ4v) is 3.83. The molecule has 1 aliphatic heterocycles. The van der Waals surface area contributed by atoms with Crippen LogP contribution in [0.1, 0.15) is 27.0 Å². The molecule has 1 fully saturated rings. The van der Waals surface area contributed by atoms with Crippen LogP contribution in [-0.4, -0.2) is 39.2 Å². The number of ketones is 1. The van der Waals surface area contributed by atoms with Crippen molar-refractivity contribution in [3.8, 4) is 5.75 Å². The zero-order valence-electron chi connectivity index (χ0n) is 16.2. The van der Waals surface area contributed by atoms with Gasteiger partial charge in [0.1, 0.15) is 11.6 Å². The number of methoxy groups -OCH3 is 1. The van der Waals surface area contributed by atoms with Crippen molar-refractivity contribution in [1.29, 1.82) is 0 Å². The number of hydrogen-bond acceptors (Lipinski definition) is 4. The van der Waals surface area contributed by atoms with Crippen LogP contribution in [0.2, 0.25) is 0 Å². The molecule has 2 aromatic rings. The Morgan fingerprint density at radius 3 is 2.57 bits per heavy atom. The fourth-order valence-electron chi connectivity index (χ4n) is 3.83. The van der Waals surface area contributed by atoms with Crippen LogP contribution in [0.25, 0.3) is 6.08 Å². The van der Waals surface area contributed by atoms with E-state index >= 15 is 0 Å². The second kappa shape index (κ2) is 7.75. The number of halogens is 4. The van der Waals surface area contributed by atoms with Gasteiger partial charge in [0.2, 0.25) is 0 Å². The molecule has 0 N–H and O–H groups in total. The Labute approximate surface area is 170 Å². The zero-order valence-corrected chi connectivity index (χ0v) is 16.2. The number of Topliss-reactive ketones (excluding diaryl/α,β-unsaturated/α-hetero) is 1. The first kappa shape index (κ1) is 20.4. The third-order valence-corrected chi connectivity index (χ3v) is 5.34. The molecule has 30 heavy (non-hydrogen) atoms. The van der Waals surface area contributed by atoms with Crippen molar-refractivity contribution in [2.75, 3.05) is 38.3 Å². The minimum Gasteiger partial charge on any atom is -0.495 e. The summed E-state index contributed by atoms with van der Waals surface area (Å²) in [7, 11) is 1.51. The number of allylic oxidation sites excluding steroid dienone is 1. The smallest absolute Gasteiger partial charge is 0.419 e. The minimum atomic E-state index is -4.80. The molecule has 4 rings (SSSR count). The van der Waals surface area contributed by atoms with Crippen molar-refractivity contribution in [3.05, 3.63) is 64.0 Å². The summed E-state index contributed by atoms with van der Waals surface area (Å²) in [6, 6.07) is 6.55. The van der Waals surface area contributed by atoms with Crippen molar-refractivity contribution < 1.29 is 31.8 Å². The molecule has 0 bridgehead atoms. The average molecular weight is 421 g/mol. The average Bonchev–Trinajstić information content (AvgIpc) is 3.03. The van der Waals surface area contributed by atoms with Gasteiger partial charge in [0.25, 0.3) is 0 Å². The number of fused-ring (bicyclic) bond motifs is 1. The Hall–Kier alpha value is -2.87. The minimum absolute atomic E-state index is 0.213. The number of carbonyl (C=O) groups is 1. The number of morpholine rings is 1. The summed E-state index contributed by atoms with van der Waals surface area (Å²) in [6.45, 7) is 2.53. The summed E-state index contributed by atoms with van der Waals surface area (Å²) in [5, 5.41) is 0. The van der Waals surface area contributed by atoms with E-state index in [1.165, 1.54) is 19.3 Å². The van der Waals surface area contributed by atoms with Gasteiger partial charge in [-0.1, -0.05) is 12.1 Å². The van der Waals surface area contributed by atoms with Crippen LogP contribution in [0, 0.1) is 5.82 Å². The maximum atomic E-state index is 14.4. The number of ether oxygens (including phenoxy) is 2. The normalized spacial score (nSPS) is 18.1. The first-order valence-electron chi connectivity index (χ1n) is 9.44. The molecule has 0 aromatic heterocycles. The van der Waals surface area contributed by atoms with E-state index in [4.69, 9.17) is 9.47 Å². The van der Waals surface area contributed by atoms with Gasteiger partial charge in [0, 0.05) is 36.2 Å². The lowest BCUT2D eigenvalue weighted by Gasteiger charge is -2.30. The number of hydrogen-bond donors (Lipinski definition) is 0. The van der Waals surface area contributed by atoms with Gasteiger partial charge in [-0.15, -0.1) is 0 Å². The second-order valence-electron chi connectivity index (χ2n) is 7.16. The van der Waals surface area contributed by atoms with Gasteiger partial charge in [0.05, 0.1) is 31.6 Å². The SMILES string of the molecule is COc1cc2c(cc1N1CCOCC1)C/C(=C\c1cccc(C(F)(F)F)c1F)C2=O. The van der Waals surface area contributed by atoms with Gasteiger partial charge in [0.15, 0.2) is 5.78 Å². The van der Waals surface area contributed by atoms with E-state index in [1.807, 2.05) is 6.07 Å². The van der Waals surface area contributed by atoms with Crippen LogP contribution in [0.5, 0.6) is 5.75 Å². The number of carbonyl (C=O) groups excluding carboxylic acids is 1. The molecule has 0 amide bonds. The van der Waals surface area contributed by atoms with Crippen LogP contribution in [-0.2, 0) is 17.3 Å². The van der Waals surface area contributed by atoms with Crippen LogP contribution in [0.3, 0.4) is 0 Å². The molecule has 0 saturated carbocycles. The lowest BCUT2D eigenvalue weighted by molar-refractivity contribution is -0.140. The first-order chi connectivity index (χ1) is 14.3. The molecular formula is C22H19F4NO3. The molecule has 0 atom stereocenters. The van der Waals surface area contributed by atoms with E-state index < -0.39 is 17.6 Å². The topological polar surface area (TPSA) is 38.8 Å². The van der Waals surface area contributed by atoms with Crippen molar-refractivity contribution >= 4 is 17.5 Å². The summed E-state index contributed by atoms with van der Waals surface area (Å²) in [6.07, 6.45) is -3.39. The van der Waals surface area contributed by atoms with Crippen LogP contribution in [0.15, 0.2) is 35.9 Å². The van der Waals surface area contributed by atoms with Gasteiger partial charge >= 0.3 is 6.18 Å². The predicted molar refractivity (Wildman–Crippen MR) is 103 cm³/mol. The Kier molecular flexibility index (Phi) is 5.27. The van der Waals surface area contributed by atoms with Crippen LogP contribution < -0.4 is 9.64 Å². The van der Waals surface area contributed by atoms with Gasteiger partial charge < -0.3 is 14.4 Å². The van der Waals surface area contributed by atoms with Crippen LogP contribution >= 0.6 is 0 Å². The fraction of sp³-hybridized carbons (Fsp3) is 0.318. The molecule has 2 aromatic carbocycles. The third-order valence-electron chi connectivity index (χ3n) is 5.34. The van der Waals surface area contributed by atoms with Gasteiger partial charge in [-0.3, -0.25) is 4.79 Å². The van der Waals surface area contributed by atoms with Crippen molar-refractivity contribution in [2.24, 2.45) is 0 Å². The molecule has 2 aliphatic rings. The van der Waals surface area contributed by atoms with E-state index in [-0.39, 0.29) is 23.3 Å². The van der Waals surface area contributed by atoms with E-state index in [1.54, 1.807) is 6.07 Å². The van der Waals surface area contributed by atoms with E-state index in [9.17, 15) is 22.4 Å². The quantitative estimate of drug-likeness (QED) is 0.540. The summed E-state index contributed by atoms with van der Waals surface area (Å²) < 4.78 is 64.2. The van der Waals surface area contributed by atoms with Gasteiger partial charge in [-0.2, -0.15) is 13.2 Å². The molecule has 0 unspecified atom stereocenters. The van der Waals surface area contributed by atoms with E-state index in [0.29, 0.717) is 43.7 Å². The molecular weight excluding hydrogens is 402 g/mol. The largest absolute Gasteiger partial charge is 0.495 e. The molecule has 1 aliphatic carbocycles. The number of benzene rings is 2. The van der Waals surface area contributed by atoms with Crippen LogP contribution in [0.4, 0.5) is 23.2 Å². The summed E-state index contributed by atoms with van der Waals surface area (Å²) in [5.41, 5.74) is 0.615. The van der Waals surface area contributed by atoms with E-state index in [2.05, 4.69) is 4.90 Å². The predicted octanol–water partition coefficient (Wildman–Crippen LogP) is 4.51. The summed E-state index contributed by atoms with van der Waals surface area (Å²) in [4.78, 5) is 14.9. The second-order valence-corrected chi connectivity index (χ2v) is 7.16. The summed E-state index contributed by atoms with van der Waals surface area (Å²) in [5.74, 6) is -1.18. The number of nitrogens with zero attached hydrogens (tertiary/aromatic N) is 1. The molecule has 1 heterocycles. The molecule has 0 spiro atoms. The van der Waals surface area contributed by atoms with E-state index in [0.717, 1.165) is 17.3 Å². The highest BCUT2D eigenvalue weighted by Crippen LogP contribution is 2.39. The molecule has 158 valence electrons. The standard InChI is InChI=1S/C22H19F4NO3/c1-29-19-12-16-14(11-18(19)27-5-7-30-8-6-27)10-15(21(16)28)9-13-3-2-4-17(20(13)23)22(24,25)26/h2-4,9,11-12H,5-8,10H2,1H3/b15-9+. The molecule has 4 nitrogen and oxygen atoms in total. The van der Waals surface area contributed by atoms with Crippen molar-refractivity contribution in [2.45, 2.75) is 12.6 Å². The van der Waals surface area contributed by atoms with Gasteiger partial charge in [-0.25, -0.2) is 4.39 Å². The Morgan fingerprint density at radius 2 is 1.90 bits per heavy atom. The van der Waals surface area contributed by atoms with Crippen molar-refractivity contribution in [3.63, 3.8) is 0 Å². The van der Waals surface area contributed by atoms with Crippen molar-refractivity contribution in [1.82, 2.24) is 0 Å². The highest BCUT2D eigenvalue weighted by Gasteiger charge is 2.35. The molecule has 0 radical (unpaired) electrons. The first-order valence-corrected chi connectivity index (χ1v) is 9.44. The Balaban J connectivity index is 1.70. The Morgan fingerprint density at radius 1 is 1.17 bits per heavy atom. The molecule has 8 heteroatoms. The summed E-state index contributed by atoms with van der Waals surface area (Å²) >= 11 is 0. The monoisotopic (exact) mass is 421 g/mol. The highest BCUT2D eigenvalue weighted by molar-refractivity contribution is 6.16. The third kappa shape index (κ3) is 3.67. The number of alkyl halides is 3. The zero-order chi connectivity index (χ0) is 21.5. The highest BCUT2D eigenvalue weighted by atomic mass is 19.4.